The fourth-order valence-corrected chi connectivity index (χ4v) is 3.13. The SMILES string of the molecule is CC1CCN(CC2CCC(CNC3CC3)O2)C1. The van der Waals surface area contributed by atoms with Gasteiger partial charge in [0.2, 0.25) is 0 Å². The Bertz CT molecular complexity index is 255. The zero-order chi connectivity index (χ0) is 11.7. The topological polar surface area (TPSA) is 24.5 Å². The molecule has 17 heavy (non-hydrogen) atoms. The summed E-state index contributed by atoms with van der Waals surface area (Å²) in [6.45, 7) is 7.18. The molecule has 3 aliphatic rings. The third-order valence-corrected chi connectivity index (χ3v) is 4.38. The largest absolute Gasteiger partial charge is 0.372 e. The van der Waals surface area contributed by atoms with Crippen molar-refractivity contribution in [1.82, 2.24) is 10.2 Å². The maximum absolute atomic E-state index is 6.13. The fraction of sp³-hybridized carbons (Fsp3) is 1.00. The van der Waals surface area contributed by atoms with Crippen LogP contribution in [-0.2, 0) is 4.74 Å². The molecule has 0 aromatic heterocycles. The minimum atomic E-state index is 0.487. The van der Waals surface area contributed by atoms with E-state index in [-0.39, 0.29) is 0 Å². The number of nitrogens with zero attached hydrogens (tertiary/aromatic N) is 1. The monoisotopic (exact) mass is 238 g/mol. The molecular formula is C14H26N2O. The smallest absolute Gasteiger partial charge is 0.0707 e. The van der Waals surface area contributed by atoms with Gasteiger partial charge in [-0.1, -0.05) is 6.92 Å². The van der Waals surface area contributed by atoms with E-state index >= 15 is 0 Å². The second-order valence-corrected chi connectivity index (χ2v) is 6.29. The Balaban J connectivity index is 1.35. The van der Waals surface area contributed by atoms with Crippen molar-refractivity contribution < 1.29 is 4.74 Å². The summed E-state index contributed by atoms with van der Waals surface area (Å²) in [7, 11) is 0. The van der Waals surface area contributed by atoms with Crippen molar-refractivity contribution in [2.45, 2.75) is 57.3 Å². The van der Waals surface area contributed by atoms with Gasteiger partial charge in [-0.15, -0.1) is 0 Å². The summed E-state index contributed by atoms with van der Waals surface area (Å²) in [5, 5.41) is 3.58. The average molecular weight is 238 g/mol. The van der Waals surface area contributed by atoms with Crippen LogP contribution in [0.4, 0.5) is 0 Å². The molecule has 3 heteroatoms. The van der Waals surface area contributed by atoms with Crippen LogP contribution in [0.1, 0.15) is 39.0 Å². The van der Waals surface area contributed by atoms with Gasteiger partial charge >= 0.3 is 0 Å². The molecule has 1 N–H and O–H groups in total. The molecule has 2 heterocycles. The number of likely N-dealkylation sites (tertiary alicyclic amines) is 1. The Morgan fingerprint density at radius 2 is 1.94 bits per heavy atom. The first-order valence-corrected chi connectivity index (χ1v) is 7.41. The van der Waals surface area contributed by atoms with Crippen LogP contribution in [0.25, 0.3) is 0 Å². The van der Waals surface area contributed by atoms with Gasteiger partial charge < -0.3 is 15.0 Å². The van der Waals surface area contributed by atoms with Gasteiger partial charge in [0.25, 0.3) is 0 Å². The van der Waals surface area contributed by atoms with Crippen LogP contribution in [0, 0.1) is 5.92 Å². The molecule has 1 aliphatic carbocycles. The van der Waals surface area contributed by atoms with E-state index < -0.39 is 0 Å². The second-order valence-electron chi connectivity index (χ2n) is 6.29. The molecule has 0 aromatic carbocycles. The lowest BCUT2D eigenvalue weighted by molar-refractivity contribution is 0.0269. The fourth-order valence-electron chi connectivity index (χ4n) is 3.13. The lowest BCUT2D eigenvalue weighted by Crippen LogP contribution is -2.33. The van der Waals surface area contributed by atoms with Gasteiger partial charge in [-0.25, -0.2) is 0 Å². The first-order valence-electron chi connectivity index (χ1n) is 7.41. The van der Waals surface area contributed by atoms with Crippen LogP contribution in [-0.4, -0.2) is 49.3 Å². The third kappa shape index (κ3) is 3.43. The maximum atomic E-state index is 6.13. The van der Waals surface area contributed by atoms with E-state index in [0.717, 1.165) is 18.5 Å². The molecule has 98 valence electrons. The second kappa shape index (κ2) is 5.25. The lowest BCUT2D eigenvalue weighted by Gasteiger charge is -2.20. The Labute approximate surface area is 105 Å². The highest BCUT2D eigenvalue weighted by Gasteiger charge is 2.30. The van der Waals surface area contributed by atoms with Gasteiger partial charge in [0.1, 0.15) is 0 Å². The van der Waals surface area contributed by atoms with Gasteiger partial charge in [-0.2, -0.15) is 0 Å². The molecule has 3 nitrogen and oxygen atoms in total. The summed E-state index contributed by atoms with van der Waals surface area (Å²) < 4.78 is 6.13. The lowest BCUT2D eigenvalue weighted by atomic mass is 10.2. The molecule has 1 saturated carbocycles. The van der Waals surface area contributed by atoms with Crippen LogP contribution in [0.15, 0.2) is 0 Å². The summed E-state index contributed by atoms with van der Waals surface area (Å²) in [5.74, 6) is 0.892. The van der Waals surface area contributed by atoms with Crippen molar-refractivity contribution in [2.75, 3.05) is 26.2 Å². The zero-order valence-electron chi connectivity index (χ0n) is 11.0. The Morgan fingerprint density at radius 3 is 2.65 bits per heavy atom. The number of hydrogen-bond acceptors (Lipinski definition) is 3. The highest BCUT2D eigenvalue weighted by molar-refractivity contribution is 4.85. The highest BCUT2D eigenvalue weighted by atomic mass is 16.5. The molecule has 0 amide bonds. The van der Waals surface area contributed by atoms with Crippen molar-refractivity contribution in [3.05, 3.63) is 0 Å². The Hall–Kier alpha value is -0.120. The van der Waals surface area contributed by atoms with E-state index in [1.54, 1.807) is 0 Å². The van der Waals surface area contributed by atoms with Crippen molar-refractivity contribution in [3.8, 4) is 0 Å². The predicted molar refractivity (Wildman–Crippen MR) is 69.1 cm³/mol. The Kier molecular flexibility index (Phi) is 3.69. The van der Waals surface area contributed by atoms with E-state index in [0.29, 0.717) is 12.2 Å². The predicted octanol–water partition coefficient (Wildman–Crippen LogP) is 1.63. The number of nitrogens with one attached hydrogen (secondary N) is 1. The Morgan fingerprint density at radius 1 is 1.12 bits per heavy atom. The van der Waals surface area contributed by atoms with Gasteiger partial charge in [-0.3, -0.25) is 0 Å². The van der Waals surface area contributed by atoms with Crippen molar-refractivity contribution in [3.63, 3.8) is 0 Å². The molecule has 0 aromatic rings. The highest BCUT2D eigenvalue weighted by Crippen LogP contribution is 2.24. The third-order valence-electron chi connectivity index (χ3n) is 4.38. The average Bonchev–Trinajstić information content (AvgIpc) is 2.90. The van der Waals surface area contributed by atoms with Crippen molar-refractivity contribution >= 4 is 0 Å². The molecule has 3 rings (SSSR count). The summed E-state index contributed by atoms with van der Waals surface area (Å²) >= 11 is 0. The van der Waals surface area contributed by atoms with Crippen molar-refractivity contribution in [2.24, 2.45) is 5.92 Å². The molecule has 3 unspecified atom stereocenters. The van der Waals surface area contributed by atoms with Crippen LogP contribution >= 0.6 is 0 Å². The van der Waals surface area contributed by atoms with E-state index in [9.17, 15) is 0 Å². The van der Waals surface area contributed by atoms with E-state index in [4.69, 9.17) is 4.74 Å². The van der Waals surface area contributed by atoms with Gasteiger partial charge in [0, 0.05) is 25.7 Å². The van der Waals surface area contributed by atoms with Crippen LogP contribution in [0.2, 0.25) is 0 Å². The molecule has 3 fully saturated rings. The molecule has 2 saturated heterocycles. The first kappa shape index (κ1) is 11.9. The zero-order valence-corrected chi connectivity index (χ0v) is 11.0. The number of ether oxygens (including phenoxy) is 1. The van der Waals surface area contributed by atoms with Crippen LogP contribution in [0.5, 0.6) is 0 Å². The molecular weight excluding hydrogens is 212 g/mol. The van der Waals surface area contributed by atoms with Gasteiger partial charge in [-0.05, 0) is 44.6 Å². The molecule has 0 radical (unpaired) electrons. The van der Waals surface area contributed by atoms with Gasteiger partial charge in [0.05, 0.1) is 12.2 Å². The normalized spacial score (nSPS) is 39.0. The van der Waals surface area contributed by atoms with Crippen LogP contribution in [0.3, 0.4) is 0 Å². The maximum Gasteiger partial charge on any atom is 0.0707 e. The minimum absolute atomic E-state index is 0.487. The van der Waals surface area contributed by atoms with E-state index in [1.165, 1.54) is 51.7 Å². The summed E-state index contributed by atoms with van der Waals surface area (Å²) in [6, 6.07) is 0.817. The summed E-state index contributed by atoms with van der Waals surface area (Å²) in [4.78, 5) is 2.59. The molecule has 3 atom stereocenters. The van der Waals surface area contributed by atoms with E-state index in [1.807, 2.05) is 0 Å². The minimum Gasteiger partial charge on any atom is -0.372 e. The molecule has 0 bridgehead atoms. The standard InChI is InChI=1S/C14H26N2O/c1-11-6-7-16(9-11)10-14-5-4-13(17-14)8-15-12-2-3-12/h11-15H,2-10H2,1H3. The molecule has 0 spiro atoms. The quantitative estimate of drug-likeness (QED) is 0.788. The first-order chi connectivity index (χ1) is 8.29. The van der Waals surface area contributed by atoms with Gasteiger partial charge in [0.15, 0.2) is 0 Å². The number of hydrogen-bond donors (Lipinski definition) is 1. The van der Waals surface area contributed by atoms with E-state index in [2.05, 4.69) is 17.1 Å². The molecule has 2 aliphatic heterocycles. The number of rotatable bonds is 5. The van der Waals surface area contributed by atoms with Crippen molar-refractivity contribution in [1.29, 1.82) is 0 Å². The summed E-state index contributed by atoms with van der Waals surface area (Å²) in [5.41, 5.74) is 0. The van der Waals surface area contributed by atoms with Crippen LogP contribution < -0.4 is 5.32 Å². The summed E-state index contributed by atoms with van der Waals surface area (Å²) in [6.07, 6.45) is 7.64.